The first kappa shape index (κ1) is 16.1. The summed E-state index contributed by atoms with van der Waals surface area (Å²) in [5.41, 5.74) is 0.668. The second kappa shape index (κ2) is 7.21. The largest absolute Gasteiger partial charge is 0.469 e. The Morgan fingerprint density at radius 3 is 1.75 bits per heavy atom. The zero-order chi connectivity index (χ0) is 16.9. The molecule has 1 aliphatic carbocycles. The monoisotopic (exact) mass is 328 g/mol. The van der Waals surface area contributed by atoms with Gasteiger partial charge in [0.25, 0.3) is 0 Å². The molecule has 0 spiro atoms. The molecule has 3 rings (SSSR count). The predicted molar refractivity (Wildman–Crippen MR) is 87.0 cm³/mol. The molecule has 2 heterocycles. The van der Waals surface area contributed by atoms with E-state index in [1.807, 2.05) is 24.3 Å². The Labute approximate surface area is 139 Å². The van der Waals surface area contributed by atoms with E-state index >= 15 is 0 Å². The van der Waals surface area contributed by atoms with Crippen LogP contribution in [-0.4, -0.2) is 24.9 Å². The summed E-state index contributed by atoms with van der Waals surface area (Å²) < 4.78 is 10.4. The van der Waals surface area contributed by atoms with Gasteiger partial charge in [0, 0.05) is 25.9 Å². The van der Waals surface area contributed by atoms with Crippen LogP contribution in [0.5, 0.6) is 0 Å². The third kappa shape index (κ3) is 3.76. The van der Waals surface area contributed by atoms with Gasteiger partial charge in [-0.05, 0) is 24.3 Å². The Kier molecular flexibility index (Phi) is 4.84. The minimum absolute atomic E-state index is 0.155. The van der Waals surface area contributed by atoms with E-state index in [1.54, 1.807) is 12.5 Å². The summed E-state index contributed by atoms with van der Waals surface area (Å²) in [4.78, 5) is 24.2. The Balaban J connectivity index is 1.38. The summed E-state index contributed by atoms with van der Waals surface area (Å²) in [6.45, 7) is 4.78. The molecule has 6 heteroatoms. The molecule has 126 valence electrons. The third-order valence-corrected chi connectivity index (χ3v) is 4.09. The molecule has 1 fully saturated rings. The molecule has 2 atom stereocenters. The van der Waals surface area contributed by atoms with Gasteiger partial charge < -0.3 is 19.5 Å². The van der Waals surface area contributed by atoms with Crippen molar-refractivity contribution in [1.82, 2.24) is 10.6 Å². The van der Waals surface area contributed by atoms with E-state index < -0.39 is 11.8 Å². The van der Waals surface area contributed by atoms with E-state index in [2.05, 4.69) is 17.2 Å². The normalized spacial score (nSPS) is 19.1. The molecule has 2 aromatic heterocycles. The molecule has 2 aromatic rings. The van der Waals surface area contributed by atoms with Crippen LogP contribution in [0.25, 0.3) is 0 Å². The maximum absolute atomic E-state index is 12.1. The van der Waals surface area contributed by atoms with Gasteiger partial charge in [-0.15, -0.1) is 0 Å². The Morgan fingerprint density at radius 2 is 1.38 bits per heavy atom. The highest BCUT2D eigenvalue weighted by atomic mass is 16.3. The molecule has 0 bridgehead atoms. The van der Waals surface area contributed by atoms with Crippen molar-refractivity contribution in [2.45, 2.75) is 12.8 Å². The number of amides is 2. The fourth-order valence-corrected chi connectivity index (χ4v) is 2.70. The maximum Gasteiger partial charge on any atom is 0.228 e. The van der Waals surface area contributed by atoms with Gasteiger partial charge in [0.1, 0.15) is 11.5 Å². The average molecular weight is 328 g/mol. The minimum Gasteiger partial charge on any atom is -0.469 e. The molecule has 0 radical (unpaired) electrons. The molecule has 0 aliphatic heterocycles. The smallest absolute Gasteiger partial charge is 0.228 e. The summed E-state index contributed by atoms with van der Waals surface area (Å²) in [7, 11) is 0. The van der Waals surface area contributed by atoms with Crippen molar-refractivity contribution in [3.8, 4) is 0 Å². The molecule has 1 aliphatic rings. The molecular formula is C18H20N2O4. The van der Waals surface area contributed by atoms with Crippen LogP contribution in [0.4, 0.5) is 0 Å². The highest BCUT2D eigenvalue weighted by molar-refractivity contribution is 5.99. The number of furan rings is 2. The van der Waals surface area contributed by atoms with Crippen LogP contribution in [0.1, 0.15) is 11.5 Å². The van der Waals surface area contributed by atoms with E-state index in [9.17, 15) is 9.59 Å². The van der Waals surface area contributed by atoms with Crippen LogP contribution in [0.3, 0.4) is 0 Å². The number of hydrogen-bond donors (Lipinski definition) is 2. The number of carbonyl (C=O) groups excluding carboxylic acids is 2. The summed E-state index contributed by atoms with van der Waals surface area (Å²) in [5, 5.41) is 5.64. The molecule has 6 nitrogen and oxygen atoms in total. The lowest BCUT2D eigenvalue weighted by Gasteiger charge is -2.04. The molecule has 2 amide bonds. The van der Waals surface area contributed by atoms with Crippen molar-refractivity contribution in [2.75, 3.05) is 13.1 Å². The number of nitrogens with one attached hydrogen (secondary N) is 2. The molecule has 0 aromatic carbocycles. The lowest BCUT2D eigenvalue weighted by atomic mass is 10.2. The SMILES string of the molecule is C=C1C(C(=O)NCCc2ccco2)C1C(=O)NCCc1ccco1. The van der Waals surface area contributed by atoms with Crippen molar-refractivity contribution in [3.63, 3.8) is 0 Å². The highest BCUT2D eigenvalue weighted by Crippen LogP contribution is 2.44. The lowest BCUT2D eigenvalue weighted by Crippen LogP contribution is -2.32. The van der Waals surface area contributed by atoms with Gasteiger partial charge in [0.15, 0.2) is 0 Å². The Bertz CT molecular complexity index is 643. The van der Waals surface area contributed by atoms with Crippen LogP contribution in [0.15, 0.2) is 57.8 Å². The number of hydrogen-bond acceptors (Lipinski definition) is 4. The van der Waals surface area contributed by atoms with Gasteiger partial charge in [-0.1, -0.05) is 12.2 Å². The van der Waals surface area contributed by atoms with Gasteiger partial charge in [-0.3, -0.25) is 9.59 Å². The Hall–Kier alpha value is -2.76. The van der Waals surface area contributed by atoms with Crippen molar-refractivity contribution >= 4 is 11.8 Å². The second-order valence-corrected chi connectivity index (χ2v) is 5.77. The van der Waals surface area contributed by atoms with E-state index in [1.165, 1.54) is 0 Å². The average Bonchev–Trinajstić information content (AvgIpc) is 2.99. The maximum atomic E-state index is 12.1. The fourth-order valence-electron chi connectivity index (χ4n) is 2.70. The van der Waals surface area contributed by atoms with Crippen LogP contribution >= 0.6 is 0 Å². The summed E-state index contributed by atoms with van der Waals surface area (Å²) >= 11 is 0. The van der Waals surface area contributed by atoms with E-state index in [4.69, 9.17) is 8.83 Å². The quantitative estimate of drug-likeness (QED) is 0.722. The van der Waals surface area contributed by atoms with Gasteiger partial charge >= 0.3 is 0 Å². The topological polar surface area (TPSA) is 84.5 Å². The summed E-state index contributed by atoms with van der Waals surface area (Å²) in [5.74, 6) is 0.472. The van der Waals surface area contributed by atoms with Gasteiger partial charge in [0.05, 0.1) is 24.4 Å². The Morgan fingerprint density at radius 1 is 0.917 bits per heavy atom. The van der Waals surface area contributed by atoms with E-state index in [0.29, 0.717) is 31.5 Å². The van der Waals surface area contributed by atoms with Crippen molar-refractivity contribution in [3.05, 3.63) is 60.5 Å². The molecule has 2 unspecified atom stereocenters. The first-order chi connectivity index (χ1) is 11.7. The first-order valence-corrected chi connectivity index (χ1v) is 7.95. The molecule has 24 heavy (non-hydrogen) atoms. The van der Waals surface area contributed by atoms with Crippen LogP contribution in [0.2, 0.25) is 0 Å². The van der Waals surface area contributed by atoms with Crippen LogP contribution in [0, 0.1) is 11.8 Å². The summed E-state index contributed by atoms with van der Waals surface area (Å²) in [6.07, 6.45) is 4.45. The number of carbonyl (C=O) groups is 2. The first-order valence-electron chi connectivity index (χ1n) is 7.95. The minimum atomic E-state index is -0.426. The zero-order valence-corrected chi connectivity index (χ0v) is 13.3. The predicted octanol–water partition coefficient (Wildman–Crippen LogP) is 1.69. The van der Waals surface area contributed by atoms with E-state index in [0.717, 1.165) is 11.5 Å². The number of rotatable bonds is 8. The second-order valence-electron chi connectivity index (χ2n) is 5.77. The van der Waals surface area contributed by atoms with Gasteiger partial charge in [-0.2, -0.15) is 0 Å². The van der Waals surface area contributed by atoms with Crippen molar-refractivity contribution in [2.24, 2.45) is 11.8 Å². The van der Waals surface area contributed by atoms with Crippen molar-refractivity contribution < 1.29 is 18.4 Å². The lowest BCUT2D eigenvalue weighted by molar-refractivity contribution is -0.127. The van der Waals surface area contributed by atoms with Gasteiger partial charge in [-0.25, -0.2) is 0 Å². The zero-order valence-electron chi connectivity index (χ0n) is 13.3. The molecule has 1 saturated carbocycles. The van der Waals surface area contributed by atoms with Gasteiger partial charge in [0.2, 0.25) is 11.8 Å². The highest BCUT2D eigenvalue weighted by Gasteiger charge is 2.52. The fraction of sp³-hybridized carbons (Fsp3) is 0.333. The van der Waals surface area contributed by atoms with Crippen LogP contribution in [-0.2, 0) is 22.4 Å². The van der Waals surface area contributed by atoms with Crippen molar-refractivity contribution in [1.29, 1.82) is 0 Å². The van der Waals surface area contributed by atoms with Crippen LogP contribution < -0.4 is 10.6 Å². The summed E-state index contributed by atoms with van der Waals surface area (Å²) in [6, 6.07) is 7.33. The molecular weight excluding hydrogens is 308 g/mol. The molecule has 0 saturated heterocycles. The third-order valence-electron chi connectivity index (χ3n) is 4.09. The molecule has 2 N–H and O–H groups in total. The van der Waals surface area contributed by atoms with E-state index in [-0.39, 0.29) is 11.8 Å². The standard InChI is InChI=1S/C18H20N2O4/c1-12-15(17(21)19-8-6-13-4-2-10-23-13)16(12)18(22)20-9-7-14-5-3-11-24-14/h2-5,10-11,15-16H,1,6-9H2,(H,19,21)(H,20,22).